The Hall–Kier alpha value is -1.91. The highest BCUT2D eigenvalue weighted by Gasteiger charge is 2.08. The highest BCUT2D eigenvalue weighted by molar-refractivity contribution is 5.85. The van der Waals surface area contributed by atoms with Crippen LogP contribution in [-0.2, 0) is 0 Å². The van der Waals surface area contributed by atoms with E-state index in [1.165, 1.54) is 0 Å². The van der Waals surface area contributed by atoms with Crippen molar-refractivity contribution in [3.05, 3.63) is 54.1 Å². The zero-order valence-electron chi connectivity index (χ0n) is 12.8. The summed E-state index contributed by atoms with van der Waals surface area (Å²) in [5, 5.41) is 0. The number of nitrogens with zero attached hydrogens (tertiary/aromatic N) is 2. The predicted molar refractivity (Wildman–Crippen MR) is 93.0 cm³/mol. The second kappa shape index (κ2) is 9.18. The van der Waals surface area contributed by atoms with Crippen LogP contribution < -0.4 is 10.5 Å². The first-order valence-electron chi connectivity index (χ1n) is 7.06. The van der Waals surface area contributed by atoms with Crippen molar-refractivity contribution in [1.82, 2.24) is 9.97 Å². The van der Waals surface area contributed by atoms with Gasteiger partial charge in [-0.05, 0) is 35.2 Å². The largest absolute Gasteiger partial charge is 0.490 e. The van der Waals surface area contributed by atoms with Crippen molar-refractivity contribution in [2.24, 2.45) is 11.7 Å². The Kier molecular flexibility index (Phi) is 7.57. The molecule has 1 atom stereocenters. The van der Waals surface area contributed by atoms with E-state index >= 15 is 0 Å². The van der Waals surface area contributed by atoms with Gasteiger partial charge in [-0.15, -0.1) is 12.4 Å². The molecule has 0 aliphatic rings. The van der Waals surface area contributed by atoms with Gasteiger partial charge in [0, 0.05) is 24.6 Å². The van der Waals surface area contributed by atoms with E-state index in [4.69, 9.17) is 10.5 Å². The molecule has 0 aromatic carbocycles. The zero-order chi connectivity index (χ0) is 15.1. The van der Waals surface area contributed by atoms with Gasteiger partial charge in [0.25, 0.3) is 0 Å². The molecular weight excluding hydrogens is 298 g/mol. The lowest BCUT2D eigenvalue weighted by Gasteiger charge is -2.16. The number of halogens is 1. The lowest BCUT2D eigenvalue weighted by molar-refractivity contribution is 0.259. The molecule has 0 saturated carbocycles. The first kappa shape index (κ1) is 18.1. The lowest BCUT2D eigenvalue weighted by atomic mass is 10.1. The van der Waals surface area contributed by atoms with Crippen molar-refractivity contribution < 1.29 is 4.74 Å². The summed E-state index contributed by atoms with van der Waals surface area (Å²) >= 11 is 0. The Morgan fingerprint density at radius 3 is 2.45 bits per heavy atom. The molecule has 2 aromatic rings. The van der Waals surface area contributed by atoms with Gasteiger partial charge in [-0.3, -0.25) is 9.97 Å². The van der Waals surface area contributed by atoms with E-state index < -0.39 is 0 Å². The van der Waals surface area contributed by atoms with Gasteiger partial charge in [-0.1, -0.05) is 26.0 Å². The molecule has 5 heteroatoms. The van der Waals surface area contributed by atoms with Crippen LogP contribution in [0.4, 0.5) is 0 Å². The number of hydrogen-bond donors (Lipinski definition) is 1. The van der Waals surface area contributed by atoms with Crippen molar-refractivity contribution in [2.75, 3.05) is 6.61 Å². The van der Waals surface area contributed by atoms with E-state index in [0.717, 1.165) is 16.9 Å². The van der Waals surface area contributed by atoms with Crippen LogP contribution in [0.15, 0.2) is 43.0 Å². The number of ether oxygens (including phenoxy) is 1. The maximum Gasteiger partial charge on any atom is 0.138 e. The molecule has 0 spiro atoms. The van der Waals surface area contributed by atoms with Crippen molar-refractivity contribution in [3.8, 4) is 5.75 Å². The Morgan fingerprint density at radius 2 is 1.77 bits per heavy atom. The average Bonchev–Trinajstić information content (AvgIpc) is 2.52. The van der Waals surface area contributed by atoms with Gasteiger partial charge in [0.2, 0.25) is 0 Å². The summed E-state index contributed by atoms with van der Waals surface area (Å²) in [7, 11) is 0. The Morgan fingerprint density at radius 1 is 1.09 bits per heavy atom. The topological polar surface area (TPSA) is 61.0 Å². The van der Waals surface area contributed by atoms with Gasteiger partial charge in [-0.25, -0.2) is 0 Å². The zero-order valence-corrected chi connectivity index (χ0v) is 13.7. The molecule has 0 unspecified atom stereocenters. The summed E-state index contributed by atoms with van der Waals surface area (Å²) in [6.07, 6.45) is 11.1. The molecule has 2 N–H and O–H groups in total. The molecule has 2 rings (SSSR count). The predicted octanol–water partition coefficient (Wildman–Crippen LogP) is 3.43. The maximum absolute atomic E-state index is 5.97. The fraction of sp³-hybridized carbons (Fsp3) is 0.294. The maximum atomic E-state index is 5.97. The van der Waals surface area contributed by atoms with Gasteiger partial charge in [0.15, 0.2) is 0 Å². The van der Waals surface area contributed by atoms with Crippen LogP contribution in [0.1, 0.15) is 25.0 Å². The molecule has 4 nitrogen and oxygen atoms in total. The van der Waals surface area contributed by atoms with Gasteiger partial charge < -0.3 is 10.5 Å². The summed E-state index contributed by atoms with van der Waals surface area (Å²) in [4.78, 5) is 8.18. The summed E-state index contributed by atoms with van der Waals surface area (Å²) in [6.45, 7) is 4.66. The molecule has 0 radical (unpaired) electrons. The molecule has 0 amide bonds. The molecule has 118 valence electrons. The molecule has 22 heavy (non-hydrogen) atoms. The van der Waals surface area contributed by atoms with Gasteiger partial charge >= 0.3 is 0 Å². The van der Waals surface area contributed by atoms with E-state index in [-0.39, 0.29) is 18.4 Å². The third-order valence-electron chi connectivity index (χ3n) is 3.21. The first-order valence-corrected chi connectivity index (χ1v) is 7.06. The minimum Gasteiger partial charge on any atom is -0.490 e. The van der Waals surface area contributed by atoms with Crippen LogP contribution >= 0.6 is 12.4 Å². The number of pyridine rings is 2. The van der Waals surface area contributed by atoms with E-state index in [1.54, 1.807) is 24.8 Å². The average molecular weight is 320 g/mol. The van der Waals surface area contributed by atoms with Crippen LogP contribution in [0.25, 0.3) is 12.2 Å². The molecule has 0 fully saturated rings. The van der Waals surface area contributed by atoms with E-state index in [1.807, 2.05) is 30.4 Å². The van der Waals surface area contributed by atoms with Crippen LogP contribution in [-0.4, -0.2) is 22.6 Å². The summed E-state index contributed by atoms with van der Waals surface area (Å²) in [5.74, 6) is 1.13. The summed E-state index contributed by atoms with van der Waals surface area (Å²) < 4.78 is 5.69. The second-order valence-electron chi connectivity index (χ2n) is 5.29. The molecule has 0 saturated heterocycles. The third kappa shape index (κ3) is 5.84. The Labute approximate surface area is 137 Å². The third-order valence-corrected chi connectivity index (χ3v) is 3.21. The van der Waals surface area contributed by atoms with E-state index in [9.17, 15) is 0 Å². The summed E-state index contributed by atoms with van der Waals surface area (Å²) in [5.41, 5.74) is 8.06. The Bertz CT molecular complexity index is 587. The van der Waals surface area contributed by atoms with Crippen LogP contribution in [0.2, 0.25) is 0 Å². The lowest BCUT2D eigenvalue weighted by Crippen LogP contribution is -2.33. The molecular formula is C17H22ClN3O. The normalized spacial score (nSPS) is 12.2. The summed E-state index contributed by atoms with van der Waals surface area (Å²) in [6, 6.07) is 5.89. The molecule has 2 aromatic heterocycles. The fourth-order valence-corrected chi connectivity index (χ4v) is 1.66. The SMILES string of the molecule is CC(C)[C@H](N)COc1cncc(C=Cc2ccncc2)c1.Cl. The standard InChI is InChI=1S/C17H21N3O.ClH/c1-13(2)17(18)12-21-16-9-15(10-20-11-16)4-3-14-5-7-19-8-6-14;/h3-11,13,17H,12,18H2,1-2H3;1H/t17-;/m1./s1. The van der Waals surface area contributed by atoms with Crippen molar-refractivity contribution in [2.45, 2.75) is 19.9 Å². The quantitative estimate of drug-likeness (QED) is 0.886. The monoisotopic (exact) mass is 319 g/mol. The van der Waals surface area contributed by atoms with Crippen LogP contribution in [0.5, 0.6) is 5.75 Å². The van der Waals surface area contributed by atoms with E-state index in [0.29, 0.717) is 12.5 Å². The number of hydrogen-bond acceptors (Lipinski definition) is 4. The highest BCUT2D eigenvalue weighted by Crippen LogP contribution is 2.14. The van der Waals surface area contributed by atoms with Crippen molar-refractivity contribution in [3.63, 3.8) is 0 Å². The smallest absolute Gasteiger partial charge is 0.138 e. The molecule has 0 aliphatic heterocycles. The van der Waals surface area contributed by atoms with Gasteiger partial charge in [0.05, 0.1) is 6.20 Å². The second-order valence-corrected chi connectivity index (χ2v) is 5.29. The highest BCUT2D eigenvalue weighted by atomic mass is 35.5. The molecule has 0 aliphatic carbocycles. The fourth-order valence-electron chi connectivity index (χ4n) is 1.66. The van der Waals surface area contributed by atoms with Crippen molar-refractivity contribution in [1.29, 1.82) is 0 Å². The van der Waals surface area contributed by atoms with Crippen molar-refractivity contribution >= 4 is 24.6 Å². The number of nitrogens with two attached hydrogens (primary N) is 1. The van der Waals surface area contributed by atoms with Gasteiger partial charge in [0.1, 0.15) is 12.4 Å². The minimum atomic E-state index is 0. The van der Waals surface area contributed by atoms with Crippen LogP contribution in [0, 0.1) is 5.92 Å². The molecule has 2 heterocycles. The molecule has 0 bridgehead atoms. The number of rotatable bonds is 6. The first-order chi connectivity index (χ1) is 10.1. The van der Waals surface area contributed by atoms with Gasteiger partial charge in [-0.2, -0.15) is 0 Å². The number of aromatic nitrogens is 2. The van der Waals surface area contributed by atoms with Crippen LogP contribution in [0.3, 0.4) is 0 Å². The minimum absolute atomic E-state index is 0. The van der Waals surface area contributed by atoms with E-state index in [2.05, 4.69) is 23.8 Å². The Balaban J connectivity index is 0.00000242.